The molecule has 0 bridgehead atoms. The Kier molecular flexibility index (Phi) is 5.79. The molecular formula is C14H22ClNO. The SMILES string of the molecule is CCNC(c1cc(Cl)ccc1OC)C(C)CC. The van der Waals surface area contributed by atoms with Gasteiger partial charge in [0.2, 0.25) is 0 Å². The van der Waals surface area contributed by atoms with Gasteiger partial charge in [0, 0.05) is 16.6 Å². The first-order valence-corrected chi connectivity index (χ1v) is 6.58. The molecule has 1 aromatic carbocycles. The molecule has 1 rings (SSSR count). The van der Waals surface area contributed by atoms with Crippen molar-refractivity contribution in [1.82, 2.24) is 5.32 Å². The predicted molar refractivity (Wildman–Crippen MR) is 73.9 cm³/mol. The molecular weight excluding hydrogens is 234 g/mol. The molecule has 3 heteroatoms. The number of hydrogen-bond acceptors (Lipinski definition) is 2. The summed E-state index contributed by atoms with van der Waals surface area (Å²) in [5.41, 5.74) is 1.15. The Morgan fingerprint density at radius 1 is 1.35 bits per heavy atom. The Bertz CT molecular complexity index is 354. The molecule has 0 aliphatic heterocycles. The molecule has 0 saturated heterocycles. The molecule has 1 aromatic rings. The Balaban J connectivity index is 3.11. The van der Waals surface area contributed by atoms with Crippen molar-refractivity contribution in [2.75, 3.05) is 13.7 Å². The van der Waals surface area contributed by atoms with Gasteiger partial charge in [-0.15, -0.1) is 0 Å². The lowest BCUT2D eigenvalue weighted by molar-refractivity contribution is 0.355. The van der Waals surface area contributed by atoms with Crippen molar-refractivity contribution in [2.45, 2.75) is 33.2 Å². The minimum atomic E-state index is 0.290. The van der Waals surface area contributed by atoms with E-state index in [4.69, 9.17) is 16.3 Å². The summed E-state index contributed by atoms with van der Waals surface area (Å²) in [4.78, 5) is 0. The van der Waals surface area contributed by atoms with Crippen LogP contribution < -0.4 is 10.1 Å². The third kappa shape index (κ3) is 3.62. The standard InChI is InChI=1S/C14H22ClNO/c1-5-10(3)14(16-6-2)12-9-11(15)7-8-13(12)17-4/h7-10,14,16H,5-6H2,1-4H3. The first-order chi connectivity index (χ1) is 8.13. The van der Waals surface area contributed by atoms with Crippen molar-refractivity contribution in [3.63, 3.8) is 0 Å². The highest BCUT2D eigenvalue weighted by Crippen LogP contribution is 2.33. The van der Waals surface area contributed by atoms with Crippen LogP contribution >= 0.6 is 11.6 Å². The number of methoxy groups -OCH3 is 1. The molecule has 0 aliphatic carbocycles. The Hall–Kier alpha value is -0.730. The van der Waals surface area contributed by atoms with Crippen LogP contribution in [0.5, 0.6) is 5.75 Å². The van der Waals surface area contributed by atoms with Gasteiger partial charge in [-0.05, 0) is 30.7 Å². The zero-order valence-corrected chi connectivity index (χ0v) is 11.8. The van der Waals surface area contributed by atoms with Crippen molar-refractivity contribution in [3.05, 3.63) is 28.8 Å². The van der Waals surface area contributed by atoms with Crippen molar-refractivity contribution in [1.29, 1.82) is 0 Å². The molecule has 96 valence electrons. The molecule has 0 radical (unpaired) electrons. The van der Waals surface area contributed by atoms with Gasteiger partial charge in [0.25, 0.3) is 0 Å². The molecule has 0 spiro atoms. The summed E-state index contributed by atoms with van der Waals surface area (Å²) in [5.74, 6) is 1.45. The quantitative estimate of drug-likeness (QED) is 0.828. The number of nitrogens with one attached hydrogen (secondary N) is 1. The van der Waals surface area contributed by atoms with E-state index < -0.39 is 0 Å². The zero-order chi connectivity index (χ0) is 12.8. The second kappa shape index (κ2) is 6.87. The summed E-state index contributed by atoms with van der Waals surface area (Å²) in [6, 6.07) is 6.09. The third-order valence-corrected chi connectivity index (χ3v) is 3.40. The van der Waals surface area contributed by atoms with E-state index in [1.807, 2.05) is 18.2 Å². The van der Waals surface area contributed by atoms with Crippen LogP contribution in [0.25, 0.3) is 0 Å². The molecule has 0 fully saturated rings. The zero-order valence-electron chi connectivity index (χ0n) is 11.1. The van der Waals surface area contributed by atoms with E-state index in [0.717, 1.165) is 29.3 Å². The van der Waals surface area contributed by atoms with Gasteiger partial charge in [0.05, 0.1) is 7.11 Å². The summed E-state index contributed by atoms with van der Waals surface area (Å²) in [7, 11) is 1.70. The number of rotatable bonds is 6. The maximum atomic E-state index is 6.08. The normalized spacial score (nSPS) is 14.4. The summed E-state index contributed by atoms with van der Waals surface area (Å²) < 4.78 is 5.42. The summed E-state index contributed by atoms with van der Waals surface area (Å²) in [5, 5.41) is 4.27. The van der Waals surface area contributed by atoms with Crippen LogP contribution in [0.4, 0.5) is 0 Å². The van der Waals surface area contributed by atoms with Crippen molar-refractivity contribution >= 4 is 11.6 Å². The summed E-state index contributed by atoms with van der Waals surface area (Å²) in [6.45, 7) is 7.50. The van der Waals surface area contributed by atoms with Crippen molar-refractivity contribution in [3.8, 4) is 5.75 Å². The molecule has 0 aliphatic rings. The highest BCUT2D eigenvalue weighted by Gasteiger charge is 2.20. The van der Waals surface area contributed by atoms with Crippen LogP contribution in [0, 0.1) is 5.92 Å². The fourth-order valence-corrected chi connectivity index (χ4v) is 2.20. The van der Waals surface area contributed by atoms with Gasteiger partial charge in [-0.25, -0.2) is 0 Å². The van der Waals surface area contributed by atoms with Crippen LogP contribution in [-0.4, -0.2) is 13.7 Å². The van der Waals surface area contributed by atoms with Gasteiger partial charge in [-0.1, -0.05) is 38.8 Å². The highest BCUT2D eigenvalue weighted by molar-refractivity contribution is 6.30. The minimum Gasteiger partial charge on any atom is -0.496 e. The van der Waals surface area contributed by atoms with Crippen LogP contribution in [0.1, 0.15) is 38.8 Å². The first-order valence-electron chi connectivity index (χ1n) is 6.20. The fraction of sp³-hybridized carbons (Fsp3) is 0.571. The van der Waals surface area contributed by atoms with E-state index in [1.165, 1.54) is 0 Å². The van der Waals surface area contributed by atoms with Gasteiger partial charge in [0.15, 0.2) is 0 Å². The number of benzene rings is 1. The van der Waals surface area contributed by atoms with Gasteiger partial charge < -0.3 is 10.1 Å². The molecule has 0 amide bonds. The Morgan fingerprint density at radius 2 is 2.06 bits per heavy atom. The number of ether oxygens (including phenoxy) is 1. The second-order valence-electron chi connectivity index (χ2n) is 4.31. The van der Waals surface area contributed by atoms with Crippen molar-refractivity contribution < 1.29 is 4.74 Å². The average Bonchev–Trinajstić information content (AvgIpc) is 2.35. The fourth-order valence-electron chi connectivity index (χ4n) is 2.02. The second-order valence-corrected chi connectivity index (χ2v) is 4.74. The van der Waals surface area contributed by atoms with Gasteiger partial charge in [0.1, 0.15) is 5.75 Å². The maximum absolute atomic E-state index is 6.08. The smallest absolute Gasteiger partial charge is 0.123 e. The molecule has 1 N–H and O–H groups in total. The monoisotopic (exact) mass is 255 g/mol. The lowest BCUT2D eigenvalue weighted by Gasteiger charge is -2.26. The molecule has 2 unspecified atom stereocenters. The molecule has 0 saturated carbocycles. The van der Waals surface area contributed by atoms with Crippen LogP contribution in [0.15, 0.2) is 18.2 Å². The topological polar surface area (TPSA) is 21.3 Å². The Morgan fingerprint density at radius 3 is 2.59 bits per heavy atom. The lowest BCUT2D eigenvalue weighted by Crippen LogP contribution is -2.27. The number of hydrogen-bond donors (Lipinski definition) is 1. The maximum Gasteiger partial charge on any atom is 0.123 e. The van der Waals surface area contributed by atoms with E-state index in [0.29, 0.717) is 12.0 Å². The van der Waals surface area contributed by atoms with E-state index in [9.17, 15) is 0 Å². The van der Waals surface area contributed by atoms with Crippen molar-refractivity contribution in [2.24, 2.45) is 5.92 Å². The predicted octanol–water partition coefficient (Wildman–Crippen LogP) is 4.05. The largest absolute Gasteiger partial charge is 0.496 e. The van der Waals surface area contributed by atoms with E-state index in [2.05, 4.69) is 26.1 Å². The number of halogens is 1. The summed E-state index contributed by atoms with van der Waals surface area (Å²) in [6.07, 6.45) is 1.12. The van der Waals surface area contributed by atoms with Gasteiger partial charge in [-0.2, -0.15) is 0 Å². The average molecular weight is 256 g/mol. The molecule has 0 heterocycles. The van der Waals surface area contributed by atoms with Crippen LogP contribution in [0.3, 0.4) is 0 Å². The third-order valence-electron chi connectivity index (χ3n) is 3.16. The van der Waals surface area contributed by atoms with Crippen LogP contribution in [-0.2, 0) is 0 Å². The Labute approximate surface area is 109 Å². The van der Waals surface area contributed by atoms with E-state index in [1.54, 1.807) is 7.11 Å². The molecule has 2 atom stereocenters. The van der Waals surface area contributed by atoms with Gasteiger partial charge in [-0.3, -0.25) is 0 Å². The van der Waals surface area contributed by atoms with E-state index >= 15 is 0 Å². The minimum absolute atomic E-state index is 0.290. The van der Waals surface area contributed by atoms with Crippen LogP contribution in [0.2, 0.25) is 5.02 Å². The molecule has 0 aromatic heterocycles. The lowest BCUT2D eigenvalue weighted by atomic mass is 9.92. The molecule has 2 nitrogen and oxygen atoms in total. The van der Waals surface area contributed by atoms with Gasteiger partial charge >= 0.3 is 0 Å². The first kappa shape index (κ1) is 14.3. The summed E-state index contributed by atoms with van der Waals surface area (Å²) >= 11 is 6.08. The highest BCUT2D eigenvalue weighted by atomic mass is 35.5. The molecule has 17 heavy (non-hydrogen) atoms. The van der Waals surface area contributed by atoms with E-state index in [-0.39, 0.29) is 0 Å².